The fourth-order valence-corrected chi connectivity index (χ4v) is 0.626. The first kappa shape index (κ1) is 6.81. The highest BCUT2D eigenvalue weighted by atomic mass is 16.3. The minimum Gasteiger partial charge on any atom is -0.444 e. The molecule has 0 saturated heterocycles. The summed E-state index contributed by atoms with van der Waals surface area (Å²) < 4.78 is 5.02. The fourth-order valence-electron chi connectivity index (χ4n) is 0.626. The van der Waals surface area contributed by atoms with Gasteiger partial charge in [0.05, 0.1) is 5.69 Å². The standard InChI is InChI=1S/C8H9NO/c1-3-4-5-8-7(2)9-6-10-8/h3-6H,1H2,2H3/b5-4-. The van der Waals surface area contributed by atoms with E-state index in [9.17, 15) is 0 Å². The van der Waals surface area contributed by atoms with Crippen LogP contribution < -0.4 is 0 Å². The second-order valence-electron chi connectivity index (χ2n) is 1.90. The van der Waals surface area contributed by atoms with Crippen LogP contribution in [0.15, 0.2) is 29.5 Å². The van der Waals surface area contributed by atoms with Crippen LogP contribution in [0.1, 0.15) is 11.5 Å². The maximum absolute atomic E-state index is 5.02. The summed E-state index contributed by atoms with van der Waals surface area (Å²) in [6.45, 7) is 5.44. The van der Waals surface area contributed by atoms with E-state index in [1.54, 1.807) is 6.08 Å². The van der Waals surface area contributed by atoms with Crippen molar-refractivity contribution in [2.45, 2.75) is 6.92 Å². The van der Waals surface area contributed by atoms with E-state index in [2.05, 4.69) is 11.6 Å². The molecular weight excluding hydrogens is 126 g/mol. The molecular formula is C8H9NO. The molecule has 0 fully saturated rings. The normalized spacial score (nSPS) is 10.5. The van der Waals surface area contributed by atoms with Gasteiger partial charge in [0.15, 0.2) is 6.39 Å². The molecule has 0 aliphatic heterocycles. The van der Waals surface area contributed by atoms with Gasteiger partial charge in [-0.1, -0.05) is 18.7 Å². The molecule has 52 valence electrons. The maximum atomic E-state index is 5.02. The second kappa shape index (κ2) is 3.01. The molecule has 0 aliphatic carbocycles. The number of oxazole rings is 1. The van der Waals surface area contributed by atoms with Crippen LogP contribution in [0.25, 0.3) is 6.08 Å². The Balaban J connectivity index is 2.83. The van der Waals surface area contributed by atoms with E-state index in [1.807, 2.05) is 19.1 Å². The molecule has 0 aliphatic rings. The summed E-state index contributed by atoms with van der Waals surface area (Å²) in [7, 11) is 0. The van der Waals surface area contributed by atoms with Gasteiger partial charge in [-0.25, -0.2) is 4.98 Å². The van der Waals surface area contributed by atoms with Gasteiger partial charge >= 0.3 is 0 Å². The third-order valence-electron chi connectivity index (χ3n) is 1.17. The second-order valence-corrected chi connectivity index (χ2v) is 1.90. The summed E-state index contributed by atoms with van der Waals surface area (Å²) in [5.74, 6) is 0.792. The quantitative estimate of drug-likeness (QED) is 0.581. The third-order valence-corrected chi connectivity index (χ3v) is 1.17. The van der Waals surface area contributed by atoms with Crippen LogP contribution in [0.5, 0.6) is 0 Å². The van der Waals surface area contributed by atoms with Gasteiger partial charge in [0.2, 0.25) is 0 Å². The Morgan fingerprint density at radius 2 is 2.50 bits per heavy atom. The van der Waals surface area contributed by atoms with E-state index >= 15 is 0 Å². The topological polar surface area (TPSA) is 26.0 Å². The van der Waals surface area contributed by atoms with Gasteiger partial charge in [0.25, 0.3) is 0 Å². The van der Waals surface area contributed by atoms with Crippen LogP contribution >= 0.6 is 0 Å². The Morgan fingerprint density at radius 3 is 3.00 bits per heavy atom. The van der Waals surface area contributed by atoms with Gasteiger partial charge in [-0.05, 0) is 13.0 Å². The number of hydrogen-bond acceptors (Lipinski definition) is 2. The van der Waals surface area contributed by atoms with Crippen molar-refractivity contribution in [1.29, 1.82) is 0 Å². The lowest BCUT2D eigenvalue weighted by Crippen LogP contribution is -1.71. The van der Waals surface area contributed by atoms with Crippen LogP contribution in [-0.4, -0.2) is 4.98 Å². The van der Waals surface area contributed by atoms with Crippen LogP contribution in [0, 0.1) is 6.92 Å². The largest absolute Gasteiger partial charge is 0.444 e. The lowest BCUT2D eigenvalue weighted by atomic mass is 10.3. The monoisotopic (exact) mass is 135 g/mol. The minimum atomic E-state index is 0.792. The first-order valence-corrected chi connectivity index (χ1v) is 3.04. The zero-order valence-electron chi connectivity index (χ0n) is 5.87. The lowest BCUT2D eigenvalue weighted by molar-refractivity contribution is 0.547. The first-order valence-electron chi connectivity index (χ1n) is 3.04. The molecule has 1 aromatic rings. The number of aryl methyl sites for hydroxylation is 1. The summed E-state index contributed by atoms with van der Waals surface area (Å²) in [6, 6.07) is 0. The van der Waals surface area contributed by atoms with Gasteiger partial charge in [-0.2, -0.15) is 0 Å². The van der Waals surface area contributed by atoms with Crippen molar-refractivity contribution < 1.29 is 4.42 Å². The third kappa shape index (κ3) is 1.35. The van der Waals surface area contributed by atoms with E-state index in [1.165, 1.54) is 6.39 Å². The Morgan fingerprint density at radius 1 is 1.70 bits per heavy atom. The zero-order valence-corrected chi connectivity index (χ0v) is 5.87. The van der Waals surface area contributed by atoms with E-state index in [4.69, 9.17) is 4.42 Å². The minimum absolute atomic E-state index is 0.792. The molecule has 0 saturated carbocycles. The van der Waals surface area contributed by atoms with Gasteiger partial charge < -0.3 is 4.42 Å². The van der Waals surface area contributed by atoms with Crippen molar-refractivity contribution in [3.8, 4) is 0 Å². The van der Waals surface area contributed by atoms with Crippen molar-refractivity contribution in [2.75, 3.05) is 0 Å². The van der Waals surface area contributed by atoms with Crippen LogP contribution in [0.4, 0.5) is 0 Å². The Labute approximate surface area is 59.9 Å². The molecule has 0 N–H and O–H groups in total. The Kier molecular flexibility index (Phi) is 2.05. The molecule has 0 aromatic carbocycles. The van der Waals surface area contributed by atoms with Crippen molar-refractivity contribution in [1.82, 2.24) is 4.98 Å². The van der Waals surface area contributed by atoms with Crippen LogP contribution in [0.3, 0.4) is 0 Å². The number of nitrogens with zero attached hydrogens (tertiary/aromatic N) is 1. The summed E-state index contributed by atoms with van der Waals surface area (Å²) in [6.07, 6.45) is 6.77. The SMILES string of the molecule is C=C/C=C\c1ocnc1C. The summed E-state index contributed by atoms with van der Waals surface area (Å²) in [4.78, 5) is 3.92. The first-order chi connectivity index (χ1) is 4.84. The average Bonchev–Trinajstić information content (AvgIpc) is 2.31. The van der Waals surface area contributed by atoms with E-state index in [-0.39, 0.29) is 0 Å². The fraction of sp³-hybridized carbons (Fsp3) is 0.125. The molecule has 10 heavy (non-hydrogen) atoms. The molecule has 0 bridgehead atoms. The highest BCUT2D eigenvalue weighted by Crippen LogP contribution is 2.06. The van der Waals surface area contributed by atoms with Crippen molar-refractivity contribution in [2.24, 2.45) is 0 Å². The van der Waals surface area contributed by atoms with Crippen molar-refractivity contribution in [3.63, 3.8) is 0 Å². The van der Waals surface area contributed by atoms with Gasteiger partial charge in [-0.15, -0.1) is 0 Å². The van der Waals surface area contributed by atoms with Gasteiger partial charge in [0, 0.05) is 0 Å². The molecule has 0 amide bonds. The molecule has 1 aromatic heterocycles. The maximum Gasteiger partial charge on any atom is 0.181 e. The number of allylic oxidation sites excluding steroid dienone is 2. The summed E-state index contributed by atoms with van der Waals surface area (Å²) >= 11 is 0. The molecule has 0 radical (unpaired) electrons. The van der Waals surface area contributed by atoms with Crippen molar-refractivity contribution >= 4 is 6.08 Å². The van der Waals surface area contributed by atoms with Crippen molar-refractivity contribution in [3.05, 3.63) is 36.6 Å². The summed E-state index contributed by atoms with van der Waals surface area (Å²) in [5.41, 5.74) is 0.901. The highest BCUT2D eigenvalue weighted by molar-refractivity contribution is 5.46. The predicted octanol–water partition coefficient (Wildman–Crippen LogP) is 2.18. The zero-order chi connectivity index (χ0) is 7.40. The Hall–Kier alpha value is -1.31. The molecule has 1 heterocycles. The van der Waals surface area contributed by atoms with Crippen LogP contribution in [0.2, 0.25) is 0 Å². The number of rotatable bonds is 2. The molecule has 2 heteroatoms. The Bertz CT molecular complexity index is 248. The van der Waals surface area contributed by atoms with Gasteiger partial charge in [-0.3, -0.25) is 0 Å². The molecule has 1 rings (SSSR count). The van der Waals surface area contributed by atoms with E-state index in [0.717, 1.165) is 11.5 Å². The molecule has 0 spiro atoms. The summed E-state index contributed by atoms with van der Waals surface area (Å²) in [5, 5.41) is 0. The predicted molar refractivity (Wildman–Crippen MR) is 40.5 cm³/mol. The average molecular weight is 135 g/mol. The van der Waals surface area contributed by atoms with Crippen LogP contribution in [-0.2, 0) is 0 Å². The number of hydrogen-bond donors (Lipinski definition) is 0. The lowest BCUT2D eigenvalue weighted by Gasteiger charge is -1.82. The highest BCUT2D eigenvalue weighted by Gasteiger charge is 1.95. The molecule has 0 unspecified atom stereocenters. The molecule has 2 nitrogen and oxygen atoms in total. The van der Waals surface area contributed by atoms with E-state index < -0.39 is 0 Å². The smallest absolute Gasteiger partial charge is 0.181 e. The van der Waals surface area contributed by atoms with Gasteiger partial charge in [0.1, 0.15) is 5.76 Å². The number of aromatic nitrogens is 1. The molecule has 0 atom stereocenters. The van der Waals surface area contributed by atoms with E-state index in [0.29, 0.717) is 0 Å².